The Labute approximate surface area is 150 Å². The van der Waals surface area contributed by atoms with E-state index in [1.54, 1.807) is 0 Å². The van der Waals surface area contributed by atoms with Crippen molar-refractivity contribution >= 4 is 5.91 Å². The second kappa shape index (κ2) is 8.28. The lowest BCUT2D eigenvalue weighted by Crippen LogP contribution is -2.48. The van der Waals surface area contributed by atoms with Crippen molar-refractivity contribution in [3.63, 3.8) is 0 Å². The van der Waals surface area contributed by atoms with E-state index in [9.17, 15) is 4.79 Å². The lowest BCUT2D eigenvalue weighted by molar-refractivity contribution is -0.136. The first kappa shape index (κ1) is 17.6. The van der Waals surface area contributed by atoms with Gasteiger partial charge in [-0.3, -0.25) is 4.79 Å². The zero-order valence-electron chi connectivity index (χ0n) is 15.0. The van der Waals surface area contributed by atoms with Crippen LogP contribution in [0.3, 0.4) is 0 Å². The molecule has 1 aliphatic rings. The van der Waals surface area contributed by atoms with Crippen LogP contribution in [-0.4, -0.2) is 22.9 Å². The Bertz CT molecular complexity index is 674. The van der Waals surface area contributed by atoms with Crippen LogP contribution in [0.4, 0.5) is 0 Å². The van der Waals surface area contributed by atoms with Gasteiger partial charge in [0.1, 0.15) is 6.04 Å². The molecule has 2 aromatic rings. The summed E-state index contributed by atoms with van der Waals surface area (Å²) in [6.07, 6.45) is 1.71. The first-order chi connectivity index (χ1) is 12.2. The fourth-order valence-electron chi connectivity index (χ4n) is 3.27. The highest BCUT2D eigenvalue weighted by Crippen LogP contribution is 2.24. The number of carbonyl (C=O) groups excluding carboxylic acids is 1. The molecule has 4 nitrogen and oxygen atoms in total. The summed E-state index contributed by atoms with van der Waals surface area (Å²) in [6, 6.07) is 20.7. The minimum Gasteiger partial charge on any atom is -0.334 e. The number of carbonyl (C=O) groups is 1. The fraction of sp³-hybridized carbons (Fsp3) is 0.381. The highest BCUT2D eigenvalue weighted by atomic mass is 16.2. The summed E-state index contributed by atoms with van der Waals surface area (Å²) in [6.45, 7) is 4.91. The molecule has 0 aromatic heterocycles. The van der Waals surface area contributed by atoms with Crippen LogP contribution in [0, 0.1) is 0 Å². The van der Waals surface area contributed by atoms with E-state index in [2.05, 4.69) is 49.0 Å². The topological polar surface area (TPSA) is 44.4 Å². The van der Waals surface area contributed by atoms with Crippen molar-refractivity contribution in [2.75, 3.05) is 0 Å². The number of amides is 1. The summed E-state index contributed by atoms with van der Waals surface area (Å²) in [5.74, 6) is 0.170. The van der Waals surface area contributed by atoms with Crippen LogP contribution in [0.1, 0.15) is 43.9 Å². The maximum absolute atomic E-state index is 13.2. The Kier molecular flexibility index (Phi) is 5.84. The van der Waals surface area contributed by atoms with Crippen molar-refractivity contribution in [1.82, 2.24) is 15.8 Å². The molecule has 3 atom stereocenters. The quantitative estimate of drug-likeness (QED) is 0.849. The Morgan fingerprint density at radius 2 is 1.72 bits per heavy atom. The maximum Gasteiger partial charge on any atom is 0.241 e. The van der Waals surface area contributed by atoms with Gasteiger partial charge in [0, 0.05) is 18.6 Å². The predicted molar refractivity (Wildman–Crippen MR) is 101 cm³/mol. The molecule has 1 amide bonds. The van der Waals surface area contributed by atoms with Gasteiger partial charge in [-0.05, 0) is 30.9 Å². The second-order valence-corrected chi connectivity index (χ2v) is 6.75. The summed E-state index contributed by atoms with van der Waals surface area (Å²) >= 11 is 0. The molecule has 0 aliphatic carbocycles. The van der Waals surface area contributed by atoms with Crippen LogP contribution in [0.2, 0.25) is 0 Å². The number of nitrogens with zero attached hydrogens (tertiary/aromatic N) is 1. The van der Waals surface area contributed by atoms with Gasteiger partial charge in [-0.2, -0.15) is 0 Å². The van der Waals surface area contributed by atoms with Gasteiger partial charge < -0.3 is 4.90 Å². The lowest BCUT2D eigenvalue weighted by Gasteiger charge is -2.31. The molecular formula is C21H27N3O. The van der Waals surface area contributed by atoms with Gasteiger partial charge in [0.25, 0.3) is 0 Å². The van der Waals surface area contributed by atoms with Crippen LogP contribution in [-0.2, 0) is 11.3 Å². The van der Waals surface area contributed by atoms with Crippen molar-refractivity contribution in [3.8, 4) is 0 Å². The SMILES string of the molecule is CCC(C)N(Cc1ccccc1)C(=O)C1CC(c2ccccc2)NN1. The number of benzene rings is 2. The second-order valence-electron chi connectivity index (χ2n) is 6.75. The molecule has 0 bridgehead atoms. The molecule has 3 rings (SSSR count). The summed E-state index contributed by atoms with van der Waals surface area (Å²) in [4.78, 5) is 15.2. The number of rotatable bonds is 6. The van der Waals surface area contributed by atoms with E-state index in [0.29, 0.717) is 6.54 Å². The monoisotopic (exact) mass is 337 g/mol. The van der Waals surface area contributed by atoms with Gasteiger partial charge >= 0.3 is 0 Å². The van der Waals surface area contributed by atoms with Crippen LogP contribution in [0.5, 0.6) is 0 Å². The average Bonchev–Trinajstić information content (AvgIpc) is 3.17. The van der Waals surface area contributed by atoms with Crippen LogP contribution >= 0.6 is 0 Å². The third-order valence-corrected chi connectivity index (χ3v) is 5.00. The molecule has 0 radical (unpaired) electrons. The zero-order chi connectivity index (χ0) is 17.6. The molecule has 132 valence electrons. The number of hydrazine groups is 1. The molecule has 0 spiro atoms. The van der Waals surface area contributed by atoms with Crippen molar-refractivity contribution in [2.45, 2.75) is 51.4 Å². The van der Waals surface area contributed by atoms with Gasteiger partial charge in [-0.25, -0.2) is 10.9 Å². The van der Waals surface area contributed by atoms with Gasteiger partial charge in [0.15, 0.2) is 0 Å². The van der Waals surface area contributed by atoms with Crippen LogP contribution in [0.15, 0.2) is 60.7 Å². The number of hydrogen-bond donors (Lipinski definition) is 2. The van der Waals surface area contributed by atoms with Crippen LogP contribution in [0.25, 0.3) is 0 Å². The van der Waals surface area contributed by atoms with E-state index in [4.69, 9.17) is 0 Å². The van der Waals surface area contributed by atoms with Gasteiger partial charge in [0.2, 0.25) is 5.91 Å². The van der Waals surface area contributed by atoms with E-state index >= 15 is 0 Å². The van der Waals surface area contributed by atoms with Crippen molar-refractivity contribution in [3.05, 3.63) is 71.8 Å². The molecule has 3 unspecified atom stereocenters. The van der Waals surface area contributed by atoms with E-state index in [1.165, 1.54) is 11.1 Å². The van der Waals surface area contributed by atoms with Crippen molar-refractivity contribution < 1.29 is 4.79 Å². The standard InChI is InChI=1S/C21H27N3O/c1-3-16(2)24(15-17-10-6-4-7-11-17)21(25)20-14-19(22-23-20)18-12-8-5-9-13-18/h4-13,16,19-20,22-23H,3,14-15H2,1-2H3. The third-order valence-electron chi connectivity index (χ3n) is 5.00. The van der Waals surface area contributed by atoms with Gasteiger partial charge in [-0.15, -0.1) is 0 Å². The first-order valence-corrected chi connectivity index (χ1v) is 9.09. The molecule has 2 aromatic carbocycles. The maximum atomic E-state index is 13.2. The van der Waals surface area contributed by atoms with Gasteiger partial charge in [0.05, 0.1) is 0 Å². The molecule has 0 saturated carbocycles. The van der Waals surface area contributed by atoms with Gasteiger partial charge in [-0.1, -0.05) is 67.6 Å². The highest BCUT2D eigenvalue weighted by Gasteiger charge is 2.34. The molecule has 4 heteroatoms. The average molecular weight is 337 g/mol. The highest BCUT2D eigenvalue weighted by molar-refractivity contribution is 5.82. The Balaban J connectivity index is 1.70. The van der Waals surface area contributed by atoms with E-state index in [0.717, 1.165) is 12.8 Å². The first-order valence-electron chi connectivity index (χ1n) is 9.09. The van der Waals surface area contributed by atoms with E-state index in [1.807, 2.05) is 41.3 Å². The molecule has 1 saturated heterocycles. The largest absolute Gasteiger partial charge is 0.334 e. The van der Waals surface area contributed by atoms with Crippen molar-refractivity contribution in [2.24, 2.45) is 0 Å². The summed E-state index contributed by atoms with van der Waals surface area (Å²) in [7, 11) is 0. The molecule has 1 aliphatic heterocycles. The number of nitrogens with one attached hydrogen (secondary N) is 2. The third kappa shape index (κ3) is 4.27. The minimum atomic E-state index is -0.192. The summed E-state index contributed by atoms with van der Waals surface area (Å²) in [5.41, 5.74) is 8.87. The van der Waals surface area contributed by atoms with E-state index < -0.39 is 0 Å². The minimum absolute atomic E-state index is 0.170. The predicted octanol–water partition coefficient (Wildman–Crippen LogP) is 3.42. The summed E-state index contributed by atoms with van der Waals surface area (Å²) < 4.78 is 0. The molecular weight excluding hydrogens is 310 g/mol. The molecule has 25 heavy (non-hydrogen) atoms. The summed E-state index contributed by atoms with van der Waals surface area (Å²) in [5, 5.41) is 0. The molecule has 1 heterocycles. The molecule has 2 N–H and O–H groups in total. The Morgan fingerprint density at radius 3 is 2.36 bits per heavy atom. The number of hydrogen-bond acceptors (Lipinski definition) is 3. The normalized spacial score (nSPS) is 21.0. The van der Waals surface area contributed by atoms with Crippen LogP contribution < -0.4 is 10.9 Å². The smallest absolute Gasteiger partial charge is 0.241 e. The zero-order valence-corrected chi connectivity index (χ0v) is 15.0. The molecule has 1 fully saturated rings. The lowest BCUT2D eigenvalue weighted by atomic mass is 10.0. The Morgan fingerprint density at radius 1 is 1.08 bits per heavy atom. The van der Waals surface area contributed by atoms with E-state index in [-0.39, 0.29) is 24.0 Å². The van der Waals surface area contributed by atoms with Crippen molar-refractivity contribution in [1.29, 1.82) is 0 Å². The fourth-order valence-corrected chi connectivity index (χ4v) is 3.27. The Hall–Kier alpha value is -2.17.